The molecule has 3 nitrogen and oxygen atoms in total. The molecule has 1 N–H and O–H groups in total. The number of carbonyl (C=O) groups is 1. The molecule has 3 fully saturated rings. The van der Waals surface area contributed by atoms with Gasteiger partial charge in [-0.05, 0) is 56.9 Å². The van der Waals surface area contributed by atoms with Gasteiger partial charge >= 0.3 is 0 Å². The molecule has 0 radical (unpaired) electrons. The Morgan fingerprint density at radius 2 is 2.00 bits per heavy atom. The first-order valence-corrected chi connectivity index (χ1v) is 7.79. The zero-order valence-electron chi connectivity index (χ0n) is 11.5. The molecule has 0 aromatic heterocycles. The summed E-state index contributed by atoms with van der Waals surface area (Å²) >= 11 is 0. The number of hydrogen-bond acceptors (Lipinski definition) is 2. The van der Waals surface area contributed by atoms with Crippen molar-refractivity contribution >= 4 is 5.91 Å². The molecular formula is C15H26N2O. The monoisotopic (exact) mass is 250 g/mol. The number of hydrogen-bond donors (Lipinski definition) is 1. The van der Waals surface area contributed by atoms with E-state index in [1.54, 1.807) is 0 Å². The van der Waals surface area contributed by atoms with Gasteiger partial charge in [-0.3, -0.25) is 4.79 Å². The van der Waals surface area contributed by atoms with Gasteiger partial charge < -0.3 is 10.2 Å². The predicted octanol–water partition coefficient (Wildman–Crippen LogP) is 2.17. The van der Waals surface area contributed by atoms with Crippen molar-refractivity contribution in [2.75, 3.05) is 13.1 Å². The number of fused-ring (bicyclic) bond motifs is 1. The lowest BCUT2D eigenvalue weighted by Crippen LogP contribution is -2.55. The van der Waals surface area contributed by atoms with Crippen molar-refractivity contribution in [2.45, 2.75) is 64.0 Å². The minimum Gasteiger partial charge on any atom is -0.338 e. The summed E-state index contributed by atoms with van der Waals surface area (Å²) in [6, 6.07) is 0.679. The van der Waals surface area contributed by atoms with E-state index in [9.17, 15) is 4.79 Å². The molecule has 2 saturated heterocycles. The fourth-order valence-electron chi connectivity index (χ4n) is 4.22. The van der Waals surface area contributed by atoms with Crippen LogP contribution in [0.15, 0.2) is 0 Å². The van der Waals surface area contributed by atoms with E-state index in [0.717, 1.165) is 25.4 Å². The molecule has 2 heterocycles. The average molecular weight is 250 g/mol. The van der Waals surface area contributed by atoms with Gasteiger partial charge in [0.25, 0.3) is 0 Å². The van der Waals surface area contributed by atoms with Crippen LogP contribution in [0, 0.1) is 11.8 Å². The molecular weight excluding hydrogens is 224 g/mol. The van der Waals surface area contributed by atoms with Crippen molar-refractivity contribution in [2.24, 2.45) is 11.8 Å². The van der Waals surface area contributed by atoms with Gasteiger partial charge in [0.2, 0.25) is 5.91 Å². The topological polar surface area (TPSA) is 32.3 Å². The maximum atomic E-state index is 12.7. The lowest BCUT2D eigenvalue weighted by molar-refractivity contribution is -0.139. The van der Waals surface area contributed by atoms with Crippen LogP contribution in [0.1, 0.15) is 51.9 Å². The van der Waals surface area contributed by atoms with Crippen LogP contribution < -0.4 is 5.32 Å². The Labute approximate surface area is 110 Å². The van der Waals surface area contributed by atoms with Gasteiger partial charge in [-0.25, -0.2) is 0 Å². The number of nitrogens with one attached hydrogen (secondary N) is 1. The van der Waals surface area contributed by atoms with Gasteiger partial charge in [0, 0.05) is 12.6 Å². The summed E-state index contributed by atoms with van der Waals surface area (Å²) < 4.78 is 0. The molecule has 2 aliphatic heterocycles. The second-order valence-corrected chi connectivity index (χ2v) is 6.57. The van der Waals surface area contributed by atoms with Crippen LogP contribution in [0.25, 0.3) is 0 Å². The highest BCUT2D eigenvalue weighted by atomic mass is 16.2. The SMILES string of the molecule is CC1CCNC(C(=O)N2CCCC3CCCC32)C1. The summed E-state index contributed by atoms with van der Waals surface area (Å²) in [5, 5.41) is 3.44. The number of nitrogens with zero attached hydrogens (tertiary/aromatic N) is 1. The van der Waals surface area contributed by atoms with Crippen LogP contribution in [0.2, 0.25) is 0 Å². The molecule has 1 saturated carbocycles. The maximum absolute atomic E-state index is 12.7. The third kappa shape index (κ3) is 2.29. The van der Waals surface area contributed by atoms with Crippen LogP contribution in [0.3, 0.4) is 0 Å². The summed E-state index contributed by atoms with van der Waals surface area (Å²) in [7, 11) is 0. The molecule has 4 unspecified atom stereocenters. The van der Waals surface area contributed by atoms with Gasteiger partial charge in [-0.15, -0.1) is 0 Å². The van der Waals surface area contributed by atoms with E-state index in [4.69, 9.17) is 0 Å². The summed E-state index contributed by atoms with van der Waals surface area (Å²) in [6.45, 7) is 4.29. The van der Waals surface area contributed by atoms with E-state index >= 15 is 0 Å². The number of rotatable bonds is 1. The summed E-state index contributed by atoms with van der Waals surface area (Å²) in [5.74, 6) is 1.91. The predicted molar refractivity (Wildman–Crippen MR) is 72.3 cm³/mol. The van der Waals surface area contributed by atoms with Crippen LogP contribution in [0.4, 0.5) is 0 Å². The quantitative estimate of drug-likeness (QED) is 0.773. The Morgan fingerprint density at radius 3 is 2.83 bits per heavy atom. The maximum Gasteiger partial charge on any atom is 0.239 e. The Morgan fingerprint density at radius 1 is 1.17 bits per heavy atom. The molecule has 18 heavy (non-hydrogen) atoms. The highest BCUT2D eigenvalue weighted by Crippen LogP contribution is 2.37. The molecule has 0 spiro atoms. The summed E-state index contributed by atoms with van der Waals surface area (Å²) in [6.07, 6.45) is 8.75. The highest BCUT2D eigenvalue weighted by Gasteiger charge is 2.39. The van der Waals surface area contributed by atoms with Crippen molar-refractivity contribution in [1.82, 2.24) is 10.2 Å². The zero-order valence-corrected chi connectivity index (χ0v) is 11.5. The number of carbonyl (C=O) groups excluding carboxylic acids is 1. The summed E-state index contributed by atoms with van der Waals surface area (Å²) in [5.41, 5.74) is 0. The van der Waals surface area contributed by atoms with Gasteiger partial charge in [0.15, 0.2) is 0 Å². The normalized spacial score (nSPS) is 40.6. The fourth-order valence-corrected chi connectivity index (χ4v) is 4.22. The first kappa shape index (κ1) is 12.5. The molecule has 1 aliphatic carbocycles. The number of piperidine rings is 2. The molecule has 0 aromatic carbocycles. The second kappa shape index (κ2) is 5.20. The average Bonchev–Trinajstić information content (AvgIpc) is 2.86. The lowest BCUT2D eigenvalue weighted by atomic mass is 9.89. The third-order valence-corrected chi connectivity index (χ3v) is 5.24. The van der Waals surface area contributed by atoms with Crippen molar-refractivity contribution < 1.29 is 4.79 Å². The first-order chi connectivity index (χ1) is 8.75. The van der Waals surface area contributed by atoms with Gasteiger partial charge in [-0.1, -0.05) is 13.3 Å². The Kier molecular flexibility index (Phi) is 3.60. The Balaban J connectivity index is 1.67. The molecule has 1 amide bonds. The zero-order chi connectivity index (χ0) is 12.5. The molecule has 3 heteroatoms. The van der Waals surface area contributed by atoms with Crippen LogP contribution >= 0.6 is 0 Å². The number of likely N-dealkylation sites (tertiary alicyclic amines) is 1. The van der Waals surface area contributed by atoms with Crippen molar-refractivity contribution in [1.29, 1.82) is 0 Å². The fraction of sp³-hybridized carbons (Fsp3) is 0.933. The minimum absolute atomic E-state index is 0.105. The molecule has 0 bridgehead atoms. The molecule has 0 aromatic rings. The van der Waals surface area contributed by atoms with Crippen molar-refractivity contribution in [3.05, 3.63) is 0 Å². The third-order valence-electron chi connectivity index (χ3n) is 5.24. The molecule has 4 atom stereocenters. The second-order valence-electron chi connectivity index (χ2n) is 6.57. The smallest absolute Gasteiger partial charge is 0.239 e. The molecule has 3 rings (SSSR count). The van der Waals surface area contributed by atoms with E-state index in [1.807, 2.05) is 0 Å². The van der Waals surface area contributed by atoms with Gasteiger partial charge in [0.05, 0.1) is 6.04 Å². The lowest BCUT2D eigenvalue weighted by Gasteiger charge is -2.41. The van der Waals surface area contributed by atoms with Crippen LogP contribution in [-0.4, -0.2) is 36.0 Å². The Bertz CT molecular complexity index is 318. The first-order valence-electron chi connectivity index (χ1n) is 7.79. The highest BCUT2D eigenvalue weighted by molar-refractivity contribution is 5.82. The van der Waals surface area contributed by atoms with Crippen molar-refractivity contribution in [3.63, 3.8) is 0 Å². The van der Waals surface area contributed by atoms with E-state index in [1.165, 1.54) is 38.5 Å². The van der Waals surface area contributed by atoms with Gasteiger partial charge in [0.1, 0.15) is 0 Å². The summed E-state index contributed by atoms with van der Waals surface area (Å²) in [4.78, 5) is 14.9. The van der Waals surface area contributed by atoms with Gasteiger partial charge in [-0.2, -0.15) is 0 Å². The number of amides is 1. The van der Waals surface area contributed by atoms with E-state index in [2.05, 4.69) is 17.1 Å². The van der Waals surface area contributed by atoms with Crippen LogP contribution in [-0.2, 0) is 4.79 Å². The van der Waals surface area contributed by atoms with E-state index < -0.39 is 0 Å². The van der Waals surface area contributed by atoms with Crippen LogP contribution in [0.5, 0.6) is 0 Å². The van der Waals surface area contributed by atoms with E-state index in [0.29, 0.717) is 17.9 Å². The van der Waals surface area contributed by atoms with E-state index in [-0.39, 0.29) is 6.04 Å². The minimum atomic E-state index is 0.105. The Hall–Kier alpha value is -0.570. The standard InChI is InChI=1S/C15H26N2O/c1-11-7-8-16-13(10-11)15(18)17-9-3-5-12-4-2-6-14(12)17/h11-14,16H,2-10H2,1H3. The van der Waals surface area contributed by atoms with Crippen molar-refractivity contribution in [3.8, 4) is 0 Å². The molecule has 102 valence electrons. The molecule has 3 aliphatic rings. The largest absolute Gasteiger partial charge is 0.338 e.